The molecule has 1 aromatic carbocycles. The van der Waals surface area contributed by atoms with Crippen LogP contribution in [-0.2, 0) is 11.2 Å². The number of aliphatic carboxylic acids is 1. The molecule has 1 aromatic heterocycles. The summed E-state index contributed by atoms with van der Waals surface area (Å²) in [5.41, 5.74) is 3.15. The summed E-state index contributed by atoms with van der Waals surface area (Å²) in [6, 6.07) is 3.90. The third-order valence-electron chi connectivity index (χ3n) is 4.59. The second kappa shape index (κ2) is 6.67. The maximum atomic E-state index is 12.6. The minimum Gasteiger partial charge on any atom is -0.493 e. The summed E-state index contributed by atoms with van der Waals surface area (Å²) in [5, 5.41) is 12.1. The fraction of sp³-hybridized carbons (Fsp3) is 0.316. The number of ketones is 1. The van der Waals surface area contributed by atoms with E-state index in [1.807, 2.05) is 0 Å². The first-order chi connectivity index (χ1) is 12.3. The van der Waals surface area contributed by atoms with E-state index >= 15 is 0 Å². The van der Waals surface area contributed by atoms with Crippen molar-refractivity contribution in [2.45, 2.75) is 33.2 Å². The van der Waals surface area contributed by atoms with E-state index in [1.54, 1.807) is 32.0 Å². The van der Waals surface area contributed by atoms with Crippen LogP contribution >= 0.6 is 0 Å². The molecule has 0 fully saturated rings. The smallest absolute Gasteiger partial charge is 0.330 e. The molecule has 0 saturated carbocycles. The van der Waals surface area contributed by atoms with Gasteiger partial charge in [0.1, 0.15) is 11.4 Å². The Morgan fingerprint density at radius 2 is 2.00 bits per heavy atom. The highest BCUT2D eigenvalue weighted by Gasteiger charge is 2.27. The van der Waals surface area contributed by atoms with Crippen LogP contribution in [0.2, 0.25) is 0 Å². The number of carboxylic acid groups (broad SMARTS) is 1. The number of carbonyl (C=O) groups excluding carboxylic acids is 2. The normalized spacial score (nSPS) is 13.7. The predicted molar refractivity (Wildman–Crippen MR) is 93.8 cm³/mol. The number of fused-ring (bicyclic) bond motifs is 1. The number of ether oxygens (including phenoxy) is 1. The van der Waals surface area contributed by atoms with Gasteiger partial charge in [0.15, 0.2) is 11.8 Å². The summed E-state index contributed by atoms with van der Waals surface area (Å²) in [5.74, 6) is -1.14. The number of amides is 1. The first-order valence-electron chi connectivity index (χ1n) is 8.29. The van der Waals surface area contributed by atoms with Gasteiger partial charge >= 0.3 is 5.97 Å². The van der Waals surface area contributed by atoms with E-state index in [2.05, 4.69) is 10.3 Å². The number of Topliss-reactive ketones (excluding diaryl/α,β-unsaturated/α-hetero) is 1. The van der Waals surface area contributed by atoms with Crippen molar-refractivity contribution in [2.75, 3.05) is 6.61 Å². The summed E-state index contributed by atoms with van der Waals surface area (Å²) in [4.78, 5) is 39.0. The second-order valence-corrected chi connectivity index (χ2v) is 6.39. The highest BCUT2D eigenvalue weighted by atomic mass is 16.5. The van der Waals surface area contributed by atoms with Crippen LogP contribution < -0.4 is 10.1 Å². The summed E-state index contributed by atoms with van der Waals surface area (Å²) in [6.07, 6.45) is 0.709. The SMILES string of the molecule is CC(=O)c1c(C)[nH]c(C(=O)NC(C(=O)O)c2ccc3c(c2)CCO3)c1C. The minimum absolute atomic E-state index is 0.149. The first kappa shape index (κ1) is 17.7. The van der Waals surface area contributed by atoms with Gasteiger partial charge in [-0.15, -0.1) is 0 Å². The topological polar surface area (TPSA) is 108 Å². The molecule has 1 unspecified atom stereocenters. The van der Waals surface area contributed by atoms with Gasteiger partial charge in [0, 0.05) is 17.7 Å². The third-order valence-corrected chi connectivity index (χ3v) is 4.59. The average molecular weight is 356 g/mol. The van der Waals surface area contributed by atoms with Crippen molar-refractivity contribution in [2.24, 2.45) is 0 Å². The zero-order chi connectivity index (χ0) is 19.0. The van der Waals surface area contributed by atoms with E-state index in [0.29, 0.717) is 35.4 Å². The average Bonchev–Trinajstić information content (AvgIpc) is 3.15. The van der Waals surface area contributed by atoms with E-state index in [0.717, 1.165) is 11.3 Å². The van der Waals surface area contributed by atoms with Crippen LogP contribution in [0.15, 0.2) is 18.2 Å². The van der Waals surface area contributed by atoms with Crippen LogP contribution in [0, 0.1) is 13.8 Å². The molecular weight excluding hydrogens is 336 g/mol. The Kier molecular flexibility index (Phi) is 4.54. The van der Waals surface area contributed by atoms with Crippen LogP contribution in [0.4, 0.5) is 0 Å². The molecule has 0 saturated heterocycles. The summed E-state index contributed by atoms with van der Waals surface area (Å²) in [7, 11) is 0. The molecular formula is C19H20N2O5. The van der Waals surface area contributed by atoms with E-state index in [-0.39, 0.29) is 11.5 Å². The monoisotopic (exact) mass is 356 g/mol. The first-order valence-corrected chi connectivity index (χ1v) is 8.29. The number of aromatic amines is 1. The van der Waals surface area contributed by atoms with Gasteiger partial charge in [0.05, 0.1) is 6.61 Å². The van der Waals surface area contributed by atoms with Crippen molar-refractivity contribution >= 4 is 17.7 Å². The van der Waals surface area contributed by atoms with E-state index in [4.69, 9.17) is 4.74 Å². The molecule has 1 atom stereocenters. The van der Waals surface area contributed by atoms with Gasteiger partial charge in [-0.1, -0.05) is 6.07 Å². The number of hydrogen-bond acceptors (Lipinski definition) is 4. The standard InChI is InChI=1S/C19H20N2O5/c1-9-15(11(3)22)10(2)20-16(9)18(23)21-17(19(24)25)13-4-5-14-12(8-13)6-7-26-14/h4-5,8,17,20H,6-7H2,1-3H3,(H,21,23)(H,24,25). The molecule has 136 valence electrons. The van der Waals surface area contributed by atoms with Crippen molar-refractivity contribution < 1.29 is 24.2 Å². The lowest BCUT2D eigenvalue weighted by Crippen LogP contribution is -2.34. The number of rotatable bonds is 5. The molecule has 1 aliphatic rings. The van der Waals surface area contributed by atoms with Crippen LogP contribution in [0.1, 0.15) is 56.2 Å². The Balaban J connectivity index is 1.89. The fourth-order valence-corrected chi connectivity index (χ4v) is 3.38. The molecule has 0 bridgehead atoms. The van der Waals surface area contributed by atoms with Crippen molar-refractivity contribution in [3.8, 4) is 5.75 Å². The van der Waals surface area contributed by atoms with Crippen molar-refractivity contribution in [3.05, 3.63) is 51.8 Å². The van der Waals surface area contributed by atoms with Crippen LogP contribution in [0.25, 0.3) is 0 Å². The van der Waals surface area contributed by atoms with Gasteiger partial charge in [-0.25, -0.2) is 4.79 Å². The number of H-pyrrole nitrogens is 1. The Labute approximate surface area is 150 Å². The Bertz CT molecular complexity index is 913. The van der Waals surface area contributed by atoms with Crippen LogP contribution in [-0.4, -0.2) is 34.4 Å². The molecule has 3 N–H and O–H groups in total. The maximum Gasteiger partial charge on any atom is 0.330 e. The van der Waals surface area contributed by atoms with Crippen molar-refractivity contribution in [3.63, 3.8) is 0 Å². The second-order valence-electron chi connectivity index (χ2n) is 6.39. The number of nitrogens with one attached hydrogen (secondary N) is 2. The Morgan fingerprint density at radius 3 is 2.62 bits per heavy atom. The summed E-state index contributed by atoms with van der Waals surface area (Å²) < 4.78 is 5.43. The number of aryl methyl sites for hydroxylation is 1. The molecule has 0 spiro atoms. The zero-order valence-electron chi connectivity index (χ0n) is 14.8. The highest BCUT2D eigenvalue weighted by Crippen LogP contribution is 2.28. The molecule has 0 aliphatic carbocycles. The number of carbonyl (C=O) groups is 3. The Hall–Kier alpha value is -3.09. The summed E-state index contributed by atoms with van der Waals surface area (Å²) in [6.45, 7) is 5.36. The molecule has 7 nitrogen and oxygen atoms in total. The molecule has 26 heavy (non-hydrogen) atoms. The quantitative estimate of drug-likeness (QED) is 0.713. The fourth-order valence-electron chi connectivity index (χ4n) is 3.38. The Morgan fingerprint density at radius 1 is 1.27 bits per heavy atom. The number of hydrogen-bond donors (Lipinski definition) is 3. The van der Waals surface area contributed by atoms with Gasteiger partial charge in [-0.2, -0.15) is 0 Å². The highest BCUT2D eigenvalue weighted by molar-refractivity contribution is 6.03. The van der Waals surface area contributed by atoms with E-state index in [1.165, 1.54) is 6.92 Å². The van der Waals surface area contributed by atoms with Crippen LogP contribution in [0.5, 0.6) is 5.75 Å². The van der Waals surface area contributed by atoms with Gasteiger partial charge in [-0.3, -0.25) is 9.59 Å². The molecule has 0 radical (unpaired) electrons. The van der Waals surface area contributed by atoms with Gasteiger partial charge in [0.25, 0.3) is 5.91 Å². The van der Waals surface area contributed by atoms with Gasteiger partial charge in [-0.05, 0) is 49.6 Å². The van der Waals surface area contributed by atoms with Gasteiger partial charge < -0.3 is 20.1 Å². The maximum absolute atomic E-state index is 12.6. The van der Waals surface area contributed by atoms with Crippen molar-refractivity contribution in [1.82, 2.24) is 10.3 Å². The lowest BCUT2D eigenvalue weighted by molar-refractivity contribution is -0.139. The summed E-state index contributed by atoms with van der Waals surface area (Å²) >= 11 is 0. The van der Waals surface area contributed by atoms with E-state index in [9.17, 15) is 19.5 Å². The lowest BCUT2D eigenvalue weighted by Gasteiger charge is -2.16. The van der Waals surface area contributed by atoms with Crippen molar-refractivity contribution in [1.29, 1.82) is 0 Å². The third kappa shape index (κ3) is 3.08. The number of carboxylic acids is 1. The molecule has 2 heterocycles. The number of aromatic nitrogens is 1. The molecule has 1 amide bonds. The van der Waals surface area contributed by atoms with E-state index < -0.39 is 17.9 Å². The van der Waals surface area contributed by atoms with Gasteiger partial charge in [0.2, 0.25) is 0 Å². The molecule has 7 heteroatoms. The minimum atomic E-state index is -1.20. The zero-order valence-corrected chi connectivity index (χ0v) is 14.8. The predicted octanol–water partition coefficient (Wildman–Crippen LogP) is 2.32. The molecule has 2 aromatic rings. The number of benzene rings is 1. The molecule has 3 rings (SSSR count). The lowest BCUT2D eigenvalue weighted by atomic mass is 10.0. The largest absolute Gasteiger partial charge is 0.493 e. The van der Waals surface area contributed by atoms with Crippen LogP contribution in [0.3, 0.4) is 0 Å². The molecule has 1 aliphatic heterocycles.